The number of pyridine rings is 1. The van der Waals surface area contributed by atoms with Gasteiger partial charge in [0.15, 0.2) is 0 Å². The van der Waals surface area contributed by atoms with E-state index in [0.717, 1.165) is 19.3 Å². The molecule has 0 bridgehead atoms. The van der Waals surface area contributed by atoms with Gasteiger partial charge in [-0.25, -0.2) is 0 Å². The summed E-state index contributed by atoms with van der Waals surface area (Å²) in [7, 11) is 0. The minimum absolute atomic E-state index is 0.00621. The van der Waals surface area contributed by atoms with Crippen molar-refractivity contribution >= 4 is 34.3 Å². The summed E-state index contributed by atoms with van der Waals surface area (Å²) >= 11 is 6.14. The van der Waals surface area contributed by atoms with Crippen LogP contribution in [-0.4, -0.2) is 39.0 Å². The van der Waals surface area contributed by atoms with Crippen LogP contribution in [-0.2, 0) is 0 Å². The lowest BCUT2D eigenvalue weighted by Crippen LogP contribution is -2.46. The second-order valence-electron chi connectivity index (χ2n) is 8.04. The molecule has 1 aliphatic heterocycles. The number of benzene rings is 1. The van der Waals surface area contributed by atoms with Gasteiger partial charge in [0.1, 0.15) is 0 Å². The van der Waals surface area contributed by atoms with Gasteiger partial charge in [-0.2, -0.15) is 0 Å². The highest BCUT2D eigenvalue weighted by molar-refractivity contribution is 6.32. The topological polar surface area (TPSA) is 70.5 Å². The average Bonchev–Trinajstić information content (AvgIpc) is 2.87. The number of imide groups is 1. The van der Waals surface area contributed by atoms with Gasteiger partial charge in [0.25, 0.3) is 11.8 Å². The number of amides is 2. The summed E-state index contributed by atoms with van der Waals surface area (Å²) in [4.78, 5) is 32.3. The number of rotatable bonds is 3. The van der Waals surface area contributed by atoms with E-state index >= 15 is 0 Å². The number of carbonyl (C=O) groups excluding carboxylic acids is 2. The Morgan fingerprint density at radius 1 is 1.15 bits per heavy atom. The second-order valence-corrected chi connectivity index (χ2v) is 8.48. The first kappa shape index (κ1) is 18.4. The molecule has 0 spiro atoms. The van der Waals surface area contributed by atoms with E-state index in [4.69, 9.17) is 11.6 Å². The zero-order valence-corrected chi connectivity index (χ0v) is 16.3. The van der Waals surface area contributed by atoms with E-state index < -0.39 is 5.60 Å². The van der Waals surface area contributed by atoms with Gasteiger partial charge in [-0.1, -0.05) is 44.7 Å². The minimum atomic E-state index is -0.996. The summed E-state index contributed by atoms with van der Waals surface area (Å²) < 4.78 is 0. The molecule has 1 aromatic carbocycles. The van der Waals surface area contributed by atoms with Gasteiger partial charge < -0.3 is 5.11 Å². The Morgan fingerprint density at radius 2 is 1.81 bits per heavy atom. The fraction of sp³-hybridized carbons (Fsp3) is 0.476. The van der Waals surface area contributed by atoms with E-state index in [1.165, 1.54) is 4.90 Å². The molecule has 2 aliphatic rings. The summed E-state index contributed by atoms with van der Waals surface area (Å²) in [5.74, 6) is -0.717. The molecule has 0 unspecified atom stereocenters. The minimum Gasteiger partial charge on any atom is -0.388 e. The summed E-state index contributed by atoms with van der Waals surface area (Å²) in [6.45, 7) is 3.96. The molecule has 1 aliphatic carbocycles. The predicted octanol–water partition coefficient (Wildman–Crippen LogP) is 4.30. The summed E-state index contributed by atoms with van der Waals surface area (Å²) in [5, 5.41) is 12.0. The van der Waals surface area contributed by atoms with Crippen LogP contribution in [0, 0.1) is 0 Å². The van der Waals surface area contributed by atoms with Crippen molar-refractivity contribution in [3.05, 3.63) is 40.0 Å². The van der Waals surface area contributed by atoms with E-state index in [-0.39, 0.29) is 24.3 Å². The van der Waals surface area contributed by atoms with Crippen LogP contribution in [0.3, 0.4) is 0 Å². The molecule has 2 heterocycles. The molecule has 1 N–H and O–H groups in total. The summed E-state index contributed by atoms with van der Waals surface area (Å²) in [6.07, 6.45) is 4.13. The van der Waals surface area contributed by atoms with E-state index in [9.17, 15) is 14.7 Å². The SMILES string of the molecule is CC(C)c1nc2ccc(Cl)cc2c2c1C(=O)N(CC1(O)CCCCC1)C2=O. The molecule has 0 radical (unpaired) electrons. The van der Waals surface area contributed by atoms with Crippen molar-refractivity contribution < 1.29 is 14.7 Å². The zero-order chi connectivity index (χ0) is 19.3. The first-order valence-electron chi connectivity index (χ1n) is 9.52. The lowest BCUT2D eigenvalue weighted by atomic mass is 9.84. The lowest BCUT2D eigenvalue weighted by Gasteiger charge is -2.34. The fourth-order valence-electron chi connectivity index (χ4n) is 4.28. The maximum atomic E-state index is 13.2. The Labute approximate surface area is 163 Å². The normalized spacial score (nSPS) is 19.2. The monoisotopic (exact) mass is 386 g/mol. The van der Waals surface area contributed by atoms with Crippen LogP contribution in [0.15, 0.2) is 18.2 Å². The third-order valence-corrected chi connectivity index (χ3v) is 5.91. The Hall–Kier alpha value is -1.98. The molecule has 1 fully saturated rings. The maximum absolute atomic E-state index is 13.2. The smallest absolute Gasteiger partial charge is 0.263 e. The molecule has 1 aromatic heterocycles. The zero-order valence-electron chi connectivity index (χ0n) is 15.6. The van der Waals surface area contributed by atoms with Crippen molar-refractivity contribution in [1.82, 2.24) is 9.88 Å². The van der Waals surface area contributed by atoms with Crippen molar-refractivity contribution in [2.24, 2.45) is 0 Å². The highest BCUT2D eigenvalue weighted by atomic mass is 35.5. The predicted molar refractivity (Wildman–Crippen MR) is 104 cm³/mol. The quantitative estimate of drug-likeness (QED) is 0.798. The van der Waals surface area contributed by atoms with Crippen molar-refractivity contribution in [3.63, 3.8) is 0 Å². The van der Waals surface area contributed by atoms with Gasteiger partial charge in [-0.15, -0.1) is 0 Å². The number of hydrogen-bond donors (Lipinski definition) is 1. The van der Waals surface area contributed by atoms with Crippen LogP contribution in [0.2, 0.25) is 5.02 Å². The number of aromatic nitrogens is 1. The van der Waals surface area contributed by atoms with Gasteiger partial charge in [0.05, 0.1) is 34.5 Å². The van der Waals surface area contributed by atoms with E-state index in [0.29, 0.717) is 45.6 Å². The Kier molecular flexibility index (Phi) is 4.47. The molecule has 5 nitrogen and oxygen atoms in total. The van der Waals surface area contributed by atoms with Crippen molar-refractivity contribution in [3.8, 4) is 0 Å². The van der Waals surface area contributed by atoms with E-state index in [1.54, 1.807) is 18.2 Å². The first-order chi connectivity index (χ1) is 12.8. The van der Waals surface area contributed by atoms with Gasteiger partial charge in [0.2, 0.25) is 0 Å². The van der Waals surface area contributed by atoms with Crippen LogP contribution in [0.4, 0.5) is 0 Å². The standard InChI is InChI=1S/C21H23ClN2O3/c1-12(2)18-17-16(14-10-13(22)6-7-15(14)23-18)19(25)24(20(17)26)11-21(27)8-4-3-5-9-21/h6-7,10,12,27H,3-5,8-9,11H2,1-2H3. The summed E-state index contributed by atoms with van der Waals surface area (Å²) in [5.41, 5.74) is 1.02. The van der Waals surface area contributed by atoms with E-state index in [2.05, 4.69) is 4.98 Å². The molecule has 2 aromatic rings. The Bertz CT molecular complexity index is 948. The first-order valence-corrected chi connectivity index (χ1v) is 9.90. The number of aliphatic hydroxyl groups is 1. The van der Waals surface area contributed by atoms with Crippen molar-refractivity contribution in [1.29, 1.82) is 0 Å². The molecule has 4 rings (SSSR count). The van der Waals surface area contributed by atoms with Gasteiger partial charge in [-0.3, -0.25) is 19.5 Å². The maximum Gasteiger partial charge on any atom is 0.263 e. The van der Waals surface area contributed by atoms with Crippen LogP contribution >= 0.6 is 11.6 Å². The number of fused-ring (bicyclic) bond motifs is 3. The number of carbonyl (C=O) groups is 2. The van der Waals surface area contributed by atoms with Gasteiger partial charge in [0, 0.05) is 10.4 Å². The van der Waals surface area contributed by atoms with Crippen molar-refractivity contribution in [2.75, 3.05) is 6.54 Å². The third kappa shape index (κ3) is 3.03. The van der Waals surface area contributed by atoms with Crippen LogP contribution in [0.1, 0.15) is 78.3 Å². The molecule has 0 atom stereocenters. The largest absolute Gasteiger partial charge is 0.388 e. The average molecular weight is 387 g/mol. The molecular weight excluding hydrogens is 364 g/mol. The number of halogens is 1. The van der Waals surface area contributed by atoms with Crippen molar-refractivity contribution in [2.45, 2.75) is 57.5 Å². The third-order valence-electron chi connectivity index (χ3n) is 5.68. The highest BCUT2D eigenvalue weighted by Gasteiger charge is 2.44. The van der Waals surface area contributed by atoms with Crippen LogP contribution in [0.25, 0.3) is 10.9 Å². The Balaban J connectivity index is 1.85. The highest BCUT2D eigenvalue weighted by Crippen LogP contribution is 2.37. The number of hydrogen-bond acceptors (Lipinski definition) is 4. The number of nitrogens with zero attached hydrogens (tertiary/aromatic N) is 2. The van der Waals surface area contributed by atoms with Crippen LogP contribution in [0.5, 0.6) is 0 Å². The number of β-amino-alcohol motifs (C(OH)–C–C–N with tert-alkyl or cyclic N) is 1. The van der Waals surface area contributed by atoms with Gasteiger partial charge in [-0.05, 0) is 37.0 Å². The molecule has 0 saturated heterocycles. The lowest BCUT2D eigenvalue weighted by molar-refractivity contribution is -0.0177. The molecule has 6 heteroatoms. The summed E-state index contributed by atoms with van der Waals surface area (Å²) in [6, 6.07) is 5.20. The Morgan fingerprint density at radius 3 is 2.48 bits per heavy atom. The van der Waals surface area contributed by atoms with Gasteiger partial charge >= 0.3 is 0 Å². The molecule has 2 amide bonds. The molecule has 142 valence electrons. The molecule has 1 saturated carbocycles. The molecule has 27 heavy (non-hydrogen) atoms. The fourth-order valence-corrected chi connectivity index (χ4v) is 4.45. The van der Waals surface area contributed by atoms with E-state index in [1.807, 2.05) is 13.8 Å². The second kappa shape index (κ2) is 6.57. The molecular formula is C21H23ClN2O3. The van der Waals surface area contributed by atoms with Crippen LogP contribution < -0.4 is 0 Å².